The number of aliphatic hydroxyl groups excluding tert-OH is 1. The molecule has 0 radical (unpaired) electrons. The van der Waals surface area contributed by atoms with Gasteiger partial charge in [0.25, 0.3) is 0 Å². The summed E-state index contributed by atoms with van der Waals surface area (Å²) in [7, 11) is 2.12. The summed E-state index contributed by atoms with van der Waals surface area (Å²) in [5, 5.41) is 11.3. The lowest BCUT2D eigenvalue weighted by molar-refractivity contribution is 0.102. The minimum Gasteiger partial charge on any atom is -0.387 e. The Balaban J connectivity index is 1.91. The van der Waals surface area contributed by atoms with Crippen molar-refractivity contribution < 1.29 is 5.11 Å². The van der Waals surface area contributed by atoms with Crippen LogP contribution in [0.3, 0.4) is 0 Å². The number of fused-ring (bicyclic) bond motifs is 1. The van der Waals surface area contributed by atoms with Gasteiger partial charge in [0.2, 0.25) is 0 Å². The largest absolute Gasteiger partial charge is 0.387 e. The molecule has 17 heavy (non-hydrogen) atoms. The summed E-state index contributed by atoms with van der Waals surface area (Å²) >= 11 is 1.69. The van der Waals surface area contributed by atoms with Crippen molar-refractivity contribution in [2.45, 2.75) is 51.7 Å². The molecule has 1 unspecified atom stereocenters. The van der Waals surface area contributed by atoms with Gasteiger partial charge in [-0.05, 0) is 31.1 Å². The van der Waals surface area contributed by atoms with E-state index in [1.54, 1.807) is 11.3 Å². The second kappa shape index (κ2) is 3.69. The average Bonchev–Trinajstić information content (AvgIpc) is 2.96. The molecule has 1 aromatic heterocycles. The quantitative estimate of drug-likeness (QED) is 0.879. The molecule has 0 saturated heterocycles. The smallest absolute Gasteiger partial charge is 0.185 e. The first-order valence-corrected chi connectivity index (χ1v) is 7.18. The van der Waals surface area contributed by atoms with Crippen LogP contribution < -0.4 is 4.90 Å². The van der Waals surface area contributed by atoms with Crippen LogP contribution in [0.15, 0.2) is 0 Å². The molecular weight excluding hydrogens is 232 g/mol. The molecule has 2 aliphatic rings. The number of hydrogen-bond acceptors (Lipinski definition) is 4. The maximum atomic E-state index is 10.2. The molecule has 1 aromatic rings. The van der Waals surface area contributed by atoms with Crippen LogP contribution in [-0.4, -0.2) is 23.2 Å². The predicted octanol–water partition coefficient (Wildman–Crippen LogP) is 2.75. The van der Waals surface area contributed by atoms with Crippen molar-refractivity contribution in [2.24, 2.45) is 5.41 Å². The second-order valence-corrected chi connectivity index (χ2v) is 7.22. The molecule has 2 aliphatic carbocycles. The topological polar surface area (TPSA) is 36.4 Å². The molecule has 1 N–H and O–H groups in total. The van der Waals surface area contributed by atoms with Crippen molar-refractivity contribution in [1.82, 2.24) is 4.98 Å². The molecule has 1 fully saturated rings. The monoisotopic (exact) mass is 252 g/mol. The SMILES string of the molecule is CN(c1nc2c(s1)C(O)CC(C)(C)C2)C1CC1. The first-order valence-electron chi connectivity index (χ1n) is 6.37. The number of anilines is 1. The number of nitrogens with zero attached hydrogens (tertiary/aromatic N) is 2. The fraction of sp³-hybridized carbons (Fsp3) is 0.769. The third-order valence-corrected chi connectivity index (χ3v) is 5.10. The van der Waals surface area contributed by atoms with Crippen LogP contribution in [0.1, 0.15) is 49.8 Å². The highest BCUT2D eigenvalue weighted by Crippen LogP contribution is 2.45. The summed E-state index contributed by atoms with van der Waals surface area (Å²) in [6.45, 7) is 4.42. The minimum absolute atomic E-state index is 0.177. The molecule has 0 bridgehead atoms. The molecule has 0 aromatic carbocycles. The Morgan fingerprint density at radius 2 is 2.12 bits per heavy atom. The van der Waals surface area contributed by atoms with E-state index >= 15 is 0 Å². The van der Waals surface area contributed by atoms with Crippen molar-refractivity contribution in [1.29, 1.82) is 0 Å². The fourth-order valence-electron chi connectivity index (χ4n) is 2.65. The van der Waals surface area contributed by atoms with Crippen molar-refractivity contribution in [3.63, 3.8) is 0 Å². The summed E-state index contributed by atoms with van der Waals surface area (Å²) in [4.78, 5) is 8.13. The highest BCUT2D eigenvalue weighted by molar-refractivity contribution is 7.15. The molecule has 1 atom stereocenters. The number of hydrogen-bond donors (Lipinski definition) is 1. The summed E-state index contributed by atoms with van der Waals surface area (Å²) in [5.41, 5.74) is 1.30. The van der Waals surface area contributed by atoms with Crippen LogP contribution in [0, 0.1) is 5.41 Å². The van der Waals surface area contributed by atoms with Gasteiger partial charge in [0, 0.05) is 13.1 Å². The lowest BCUT2D eigenvalue weighted by Crippen LogP contribution is -2.24. The fourth-order valence-corrected chi connectivity index (χ4v) is 3.75. The van der Waals surface area contributed by atoms with Gasteiger partial charge >= 0.3 is 0 Å². The number of aliphatic hydroxyl groups is 1. The van der Waals surface area contributed by atoms with Gasteiger partial charge in [-0.3, -0.25) is 0 Å². The van der Waals surface area contributed by atoms with Gasteiger partial charge in [0.05, 0.1) is 16.7 Å². The van der Waals surface area contributed by atoms with Gasteiger partial charge in [-0.25, -0.2) is 4.98 Å². The maximum absolute atomic E-state index is 10.2. The van der Waals surface area contributed by atoms with Crippen molar-refractivity contribution in [2.75, 3.05) is 11.9 Å². The van der Waals surface area contributed by atoms with Crippen LogP contribution in [-0.2, 0) is 6.42 Å². The normalized spacial score (nSPS) is 26.7. The van der Waals surface area contributed by atoms with Crippen LogP contribution >= 0.6 is 11.3 Å². The summed E-state index contributed by atoms with van der Waals surface area (Å²) < 4.78 is 0. The molecule has 94 valence electrons. The Bertz CT molecular complexity index is 437. The maximum Gasteiger partial charge on any atom is 0.185 e. The molecule has 3 rings (SSSR count). The Hall–Kier alpha value is -0.610. The van der Waals surface area contributed by atoms with Crippen molar-refractivity contribution >= 4 is 16.5 Å². The van der Waals surface area contributed by atoms with E-state index in [4.69, 9.17) is 4.98 Å². The zero-order chi connectivity index (χ0) is 12.2. The first-order chi connectivity index (χ1) is 7.96. The highest BCUT2D eigenvalue weighted by Gasteiger charge is 2.36. The lowest BCUT2D eigenvalue weighted by Gasteiger charge is -2.31. The Morgan fingerprint density at radius 3 is 2.76 bits per heavy atom. The Labute approximate surface area is 106 Å². The molecule has 0 aliphatic heterocycles. The highest BCUT2D eigenvalue weighted by atomic mass is 32.1. The summed E-state index contributed by atoms with van der Waals surface area (Å²) in [5.74, 6) is 0. The van der Waals surface area contributed by atoms with Crippen molar-refractivity contribution in [3.05, 3.63) is 10.6 Å². The molecule has 3 nitrogen and oxygen atoms in total. The van der Waals surface area contributed by atoms with Crippen LogP contribution in [0.5, 0.6) is 0 Å². The number of aromatic nitrogens is 1. The molecule has 4 heteroatoms. The number of rotatable bonds is 2. The Kier molecular flexibility index (Phi) is 2.49. The zero-order valence-corrected chi connectivity index (χ0v) is 11.5. The van der Waals surface area contributed by atoms with E-state index in [0.29, 0.717) is 6.04 Å². The van der Waals surface area contributed by atoms with Gasteiger partial charge in [-0.15, -0.1) is 0 Å². The number of thiazole rings is 1. The molecule has 1 heterocycles. The molecule has 0 spiro atoms. The van der Waals surface area contributed by atoms with E-state index in [1.165, 1.54) is 12.8 Å². The second-order valence-electron chi connectivity index (χ2n) is 6.21. The summed E-state index contributed by atoms with van der Waals surface area (Å²) in [6.07, 6.45) is 4.11. The van der Waals surface area contributed by atoms with Gasteiger partial charge < -0.3 is 10.0 Å². The average molecular weight is 252 g/mol. The van der Waals surface area contributed by atoms with E-state index in [1.807, 2.05) is 0 Å². The standard InChI is InChI=1S/C13H20N2OS/c1-13(2)6-9-11(10(16)7-13)17-12(14-9)15(3)8-4-5-8/h8,10,16H,4-7H2,1-3H3. The minimum atomic E-state index is -0.312. The lowest BCUT2D eigenvalue weighted by atomic mass is 9.77. The Morgan fingerprint density at radius 1 is 1.41 bits per heavy atom. The van der Waals surface area contributed by atoms with Crippen molar-refractivity contribution in [3.8, 4) is 0 Å². The van der Waals surface area contributed by atoms with Gasteiger partial charge in [0.1, 0.15) is 0 Å². The van der Waals surface area contributed by atoms with Crippen LogP contribution in [0.4, 0.5) is 5.13 Å². The zero-order valence-electron chi connectivity index (χ0n) is 10.7. The summed E-state index contributed by atoms with van der Waals surface area (Å²) in [6, 6.07) is 0.688. The molecule has 1 saturated carbocycles. The third kappa shape index (κ3) is 2.08. The van der Waals surface area contributed by atoms with Gasteiger partial charge in [-0.1, -0.05) is 25.2 Å². The van der Waals surface area contributed by atoms with E-state index in [9.17, 15) is 5.11 Å². The van der Waals surface area contributed by atoms with E-state index in [-0.39, 0.29) is 11.5 Å². The third-order valence-electron chi connectivity index (χ3n) is 3.81. The van der Waals surface area contributed by atoms with E-state index in [2.05, 4.69) is 25.8 Å². The van der Waals surface area contributed by atoms with E-state index < -0.39 is 0 Å². The molecule has 0 amide bonds. The predicted molar refractivity (Wildman–Crippen MR) is 70.6 cm³/mol. The first kappa shape index (κ1) is 11.5. The van der Waals surface area contributed by atoms with Crippen LogP contribution in [0.2, 0.25) is 0 Å². The van der Waals surface area contributed by atoms with Gasteiger partial charge in [0.15, 0.2) is 5.13 Å². The van der Waals surface area contributed by atoms with E-state index in [0.717, 1.165) is 28.5 Å². The molecular formula is C13H20N2OS. The van der Waals surface area contributed by atoms with Crippen LogP contribution in [0.25, 0.3) is 0 Å². The van der Waals surface area contributed by atoms with Gasteiger partial charge in [-0.2, -0.15) is 0 Å².